The van der Waals surface area contributed by atoms with Gasteiger partial charge in [0.25, 0.3) is 0 Å². The molecule has 78 valence electrons. The van der Waals surface area contributed by atoms with E-state index in [4.69, 9.17) is 0 Å². The Kier molecular flexibility index (Phi) is 5.25. The van der Waals surface area contributed by atoms with Gasteiger partial charge in [0.1, 0.15) is 0 Å². The Morgan fingerprint density at radius 3 is 2.54 bits per heavy atom. The molecule has 13 heavy (non-hydrogen) atoms. The number of piperidine rings is 1. The first kappa shape index (κ1) is 11.4. The second-order valence-corrected chi connectivity index (χ2v) is 5.34. The molecule has 0 saturated carbocycles. The van der Waals surface area contributed by atoms with Gasteiger partial charge in [0, 0.05) is 11.4 Å². The highest BCUT2D eigenvalue weighted by molar-refractivity contribution is 9.09. The van der Waals surface area contributed by atoms with E-state index in [1.165, 1.54) is 12.8 Å². The minimum atomic E-state index is -0.172. The van der Waals surface area contributed by atoms with Crippen molar-refractivity contribution in [1.82, 2.24) is 4.90 Å². The van der Waals surface area contributed by atoms with Gasteiger partial charge in [0.2, 0.25) is 0 Å². The van der Waals surface area contributed by atoms with Crippen molar-refractivity contribution in [3.05, 3.63) is 0 Å². The summed E-state index contributed by atoms with van der Waals surface area (Å²) in [7, 11) is 0. The van der Waals surface area contributed by atoms with Crippen LogP contribution in [-0.2, 0) is 0 Å². The maximum atomic E-state index is 11.9. The van der Waals surface area contributed by atoms with Gasteiger partial charge in [-0.3, -0.25) is 4.39 Å². The summed E-state index contributed by atoms with van der Waals surface area (Å²) in [5.41, 5.74) is 0. The van der Waals surface area contributed by atoms with Crippen LogP contribution in [0.1, 0.15) is 26.2 Å². The van der Waals surface area contributed by atoms with E-state index in [9.17, 15) is 4.39 Å². The molecule has 1 atom stereocenters. The third-order valence-electron chi connectivity index (χ3n) is 2.89. The Bertz CT molecular complexity index is 133. The first-order chi connectivity index (χ1) is 6.24. The zero-order valence-electron chi connectivity index (χ0n) is 8.31. The SMILES string of the molecule is CC(Br)C1CCN(CCCF)CC1. The van der Waals surface area contributed by atoms with Crippen molar-refractivity contribution in [1.29, 1.82) is 0 Å². The van der Waals surface area contributed by atoms with E-state index in [-0.39, 0.29) is 6.67 Å². The molecule has 1 unspecified atom stereocenters. The van der Waals surface area contributed by atoms with Crippen LogP contribution in [0.15, 0.2) is 0 Å². The van der Waals surface area contributed by atoms with Crippen molar-refractivity contribution in [2.45, 2.75) is 31.0 Å². The topological polar surface area (TPSA) is 3.24 Å². The van der Waals surface area contributed by atoms with Crippen LogP contribution in [0, 0.1) is 5.92 Å². The number of rotatable bonds is 4. The fourth-order valence-corrected chi connectivity index (χ4v) is 2.45. The maximum absolute atomic E-state index is 11.9. The van der Waals surface area contributed by atoms with E-state index in [0.717, 1.165) is 25.6 Å². The van der Waals surface area contributed by atoms with Gasteiger partial charge in [-0.2, -0.15) is 0 Å². The fourth-order valence-electron chi connectivity index (χ4n) is 1.92. The lowest BCUT2D eigenvalue weighted by atomic mass is 9.94. The van der Waals surface area contributed by atoms with E-state index < -0.39 is 0 Å². The van der Waals surface area contributed by atoms with Gasteiger partial charge in [-0.1, -0.05) is 22.9 Å². The Morgan fingerprint density at radius 2 is 2.08 bits per heavy atom. The molecule has 1 aliphatic heterocycles. The zero-order chi connectivity index (χ0) is 9.68. The van der Waals surface area contributed by atoms with Crippen molar-refractivity contribution in [3.63, 3.8) is 0 Å². The molecule has 0 amide bonds. The van der Waals surface area contributed by atoms with Crippen LogP contribution in [-0.4, -0.2) is 36.0 Å². The van der Waals surface area contributed by atoms with E-state index in [0.29, 0.717) is 11.2 Å². The number of nitrogens with zero attached hydrogens (tertiary/aromatic N) is 1. The Balaban J connectivity index is 2.15. The molecular weight excluding hydrogens is 233 g/mol. The average Bonchev–Trinajstić information content (AvgIpc) is 2.15. The minimum Gasteiger partial charge on any atom is -0.303 e. The summed E-state index contributed by atoms with van der Waals surface area (Å²) >= 11 is 3.63. The normalized spacial score (nSPS) is 23.3. The summed E-state index contributed by atoms with van der Waals surface area (Å²) in [4.78, 5) is 3.02. The van der Waals surface area contributed by atoms with E-state index in [1.54, 1.807) is 0 Å². The molecule has 0 aromatic heterocycles. The third kappa shape index (κ3) is 3.94. The molecule has 0 aromatic rings. The molecule has 1 nitrogen and oxygen atoms in total. The molecule has 1 rings (SSSR count). The van der Waals surface area contributed by atoms with Gasteiger partial charge in [-0.15, -0.1) is 0 Å². The minimum absolute atomic E-state index is 0.172. The zero-order valence-corrected chi connectivity index (χ0v) is 9.89. The Hall–Kier alpha value is 0.370. The van der Waals surface area contributed by atoms with Crippen molar-refractivity contribution in [2.75, 3.05) is 26.3 Å². The average molecular weight is 252 g/mol. The summed E-state index contributed by atoms with van der Waals surface area (Å²) in [6, 6.07) is 0. The Morgan fingerprint density at radius 1 is 1.46 bits per heavy atom. The van der Waals surface area contributed by atoms with Crippen LogP contribution in [0.4, 0.5) is 4.39 Å². The first-order valence-electron chi connectivity index (χ1n) is 5.16. The van der Waals surface area contributed by atoms with Gasteiger partial charge in [0.15, 0.2) is 0 Å². The number of hydrogen-bond acceptors (Lipinski definition) is 1. The summed E-state index contributed by atoms with van der Waals surface area (Å²) in [6.07, 6.45) is 3.23. The Labute approximate surface area is 88.8 Å². The van der Waals surface area contributed by atoms with E-state index in [2.05, 4.69) is 27.8 Å². The smallest absolute Gasteiger partial charge is 0.0906 e. The molecule has 0 radical (unpaired) electrons. The van der Waals surface area contributed by atoms with Crippen LogP contribution in [0.25, 0.3) is 0 Å². The largest absolute Gasteiger partial charge is 0.303 e. The lowest BCUT2D eigenvalue weighted by Crippen LogP contribution is -2.36. The summed E-state index contributed by atoms with van der Waals surface area (Å²) in [5.74, 6) is 0.821. The molecule has 0 spiro atoms. The second-order valence-electron chi connectivity index (χ2n) is 3.90. The van der Waals surface area contributed by atoms with Crippen molar-refractivity contribution < 1.29 is 4.39 Å². The van der Waals surface area contributed by atoms with Gasteiger partial charge in [-0.05, 0) is 38.3 Å². The number of halogens is 2. The van der Waals surface area contributed by atoms with Crippen molar-refractivity contribution >= 4 is 15.9 Å². The first-order valence-corrected chi connectivity index (χ1v) is 6.08. The molecule has 1 heterocycles. The highest BCUT2D eigenvalue weighted by Gasteiger charge is 2.21. The highest BCUT2D eigenvalue weighted by atomic mass is 79.9. The van der Waals surface area contributed by atoms with E-state index >= 15 is 0 Å². The van der Waals surface area contributed by atoms with Crippen LogP contribution in [0.2, 0.25) is 0 Å². The fraction of sp³-hybridized carbons (Fsp3) is 1.00. The molecule has 0 aliphatic carbocycles. The second kappa shape index (κ2) is 5.97. The third-order valence-corrected chi connectivity index (χ3v) is 3.64. The standard InChI is InChI=1S/C10H19BrFN/c1-9(11)10-3-7-13(8-4-10)6-2-5-12/h9-10H,2-8H2,1H3. The monoisotopic (exact) mass is 251 g/mol. The number of alkyl halides is 2. The molecule has 0 bridgehead atoms. The van der Waals surface area contributed by atoms with Gasteiger partial charge in [0.05, 0.1) is 6.67 Å². The predicted molar refractivity (Wildman–Crippen MR) is 58.1 cm³/mol. The maximum Gasteiger partial charge on any atom is 0.0906 e. The van der Waals surface area contributed by atoms with Crippen LogP contribution in [0.5, 0.6) is 0 Å². The van der Waals surface area contributed by atoms with Crippen molar-refractivity contribution in [3.8, 4) is 0 Å². The van der Waals surface area contributed by atoms with Crippen LogP contribution in [0.3, 0.4) is 0 Å². The molecule has 3 heteroatoms. The van der Waals surface area contributed by atoms with Crippen LogP contribution < -0.4 is 0 Å². The molecule has 1 aliphatic rings. The van der Waals surface area contributed by atoms with Gasteiger partial charge < -0.3 is 4.90 Å². The lowest BCUT2D eigenvalue weighted by Gasteiger charge is -2.33. The molecular formula is C10H19BrFN. The molecule has 0 N–H and O–H groups in total. The molecule has 0 aromatic carbocycles. The highest BCUT2D eigenvalue weighted by Crippen LogP contribution is 2.24. The van der Waals surface area contributed by atoms with Crippen LogP contribution >= 0.6 is 15.9 Å². The quantitative estimate of drug-likeness (QED) is 0.695. The van der Waals surface area contributed by atoms with Crippen molar-refractivity contribution in [2.24, 2.45) is 5.92 Å². The molecule has 1 saturated heterocycles. The lowest BCUT2D eigenvalue weighted by molar-refractivity contribution is 0.179. The summed E-state index contributed by atoms with van der Waals surface area (Å²) < 4.78 is 11.9. The van der Waals surface area contributed by atoms with E-state index in [1.807, 2.05) is 0 Å². The predicted octanol–water partition coefficient (Wildman–Crippen LogP) is 2.84. The number of likely N-dealkylation sites (tertiary alicyclic amines) is 1. The molecule has 1 fully saturated rings. The number of hydrogen-bond donors (Lipinski definition) is 0. The summed E-state index contributed by atoms with van der Waals surface area (Å²) in [6.45, 7) is 5.30. The van der Waals surface area contributed by atoms with Gasteiger partial charge in [-0.25, -0.2) is 0 Å². The summed E-state index contributed by atoms with van der Waals surface area (Å²) in [5, 5.41) is 0. The van der Waals surface area contributed by atoms with Gasteiger partial charge >= 0.3 is 0 Å².